The lowest BCUT2D eigenvalue weighted by atomic mass is 10.2. The lowest BCUT2D eigenvalue weighted by Gasteiger charge is -2.26. The number of carboxylic acid groups (broad SMARTS) is 2. The minimum atomic E-state index is -3.00. The second kappa shape index (κ2) is 15.2. The average molecular weight is 547 g/mol. The van der Waals surface area contributed by atoms with Gasteiger partial charge in [-0.25, -0.2) is 9.59 Å². The Morgan fingerprint density at radius 2 is 1.03 bits per heavy atom. The highest BCUT2D eigenvalue weighted by Gasteiger charge is 2.37. The Bertz CT molecular complexity index is 950. The van der Waals surface area contributed by atoms with Gasteiger partial charge >= 0.3 is 11.9 Å². The summed E-state index contributed by atoms with van der Waals surface area (Å²) in [6.07, 6.45) is 0. The molecule has 0 bridgehead atoms. The number of carbonyl (C=O) groups is 2. The Hall–Kier alpha value is -2.26. The molecular weight excluding hydrogens is 499 g/mol. The van der Waals surface area contributed by atoms with Crippen molar-refractivity contribution in [1.29, 1.82) is 0 Å². The van der Waals surface area contributed by atoms with Crippen LogP contribution >= 0.6 is 0 Å². The zero-order valence-corrected chi connectivity index (χ0v) is 26.1. The Morgan fingerprint density at radius 3 is 1.32 bits per heavy atom. The zero-order valence-electron chi connectivity index (χ0n) is 23.9. The number of carboxylic acids is 2. The minimum absolute atomic E-state index is 0.217. The van der Waals surface area contributed by atoms with Crippen LogP contribution in [0.15, 0.2) is 48.5 Å². The molecule has 0 saturated carbocycles. The van der Waals surface area contributed by atoms with Gasteiger partial charge in [0.15, 0.2) is 0 Å². The van der Waals surface area contributed by atoms with Gasteiger partial charge < -0.3 is 14.3 Å². The van der Waals surface area contributed by atoms with Crippen LogP contribution in [0, 0.1) is 23.7 Å². The van der Waals surface area contributed by atoms with Crippen molar-refractivity contribution in [2.24, 2.45) is 23.7 Å². The van der Waals surface area contributed by atoms with E-state index in [9.17, 15) is 9.59 Å². The number of rotatable bonds is 12. The maximum Gasteiger partial charge on any atom is 0.335 e. The van der Waals surface area contributed by atoms with E-state index in [1.807, 2.05) is 39.8 Å². The molecule has 0 aliphatic heterocycles. The first kappa shape index (κ1) is 32.8. The number of halogens is 1. The second-order valence-corrected chi connectivity index (χ2v) is 18.3. The van der Waals surface area contributed by atoms with E-state index in [1.54, 1.807) is 24.3 Å². The van der Waals surface area contributed by atoms with Gasteiger partial charge in [0, 0.05) is 0 Å². The largest absolute Gasteiger partial charge is 0.478 e. The minimum Gasteiger partial charge on any atom is -0.478 e. The summed E-state index contributed by atoms with van der Waals surface area (Å²) in [5.41, 5.74) is 0.606. The highest BCUT2D eigenvalue weighted by atomic mass is 28.4. The number of hydrogen-bond donors (Lipinski definition) is 2. The van der Waals surface area contributed by atoms with Crippen LogP contribution in [0.4, 0.5) is 4.11 Å². The first-order chi connectivity index (χ1) is 17.1. The molecule has 2 N–H and O–H groups in total. The van der Waals surface area contributed by atoms with Crippen LogP contribution in [0.3, 0.4) is 0 Å². The standard InChI is InChI=1S/C15H23FO2Si.C15H24O2Si/c1-11(2)9-19(16,10-12(3)4)14-7-5-13(6-8-14)15(17)18;1-11(2)9-18(10-12(3)4)14-7-5-13(6-8-14)15(16)17/h5-8,11-12H,9-10H2,1-4H3,(H,17,18);5-8,11-12,18H,9-10H2,1-4H3,(H,16,17). The molecule has 0 aliphatic carbocycles. The van der Waals surface area contributed by atoms with Gasteiger partial charge in [0.2, 0.25) is 0 Å². The molecule has 0 aliphatic rings. The molecule has 206 valence electrons. The van der Waals surface area contributed by atoms with Crippen LogP contribution in [0.2, 0.25) is 24.2 Å². The van der Waals surface area contributed by atoms with Gasteiger partial charge in [0.25, 0.3) is 8.41 Å². The van der Waals surface area contributed by atoms with Gasteiger partial charge in [-0.3, -0.25) is 0 Å². The monoisotopic (exact) mass is 546 g/mol. The SMILES string of the molecule is CC(C)C[SiH](CC(C)C)c1ccc(C(=O)O)cc1.CC(C)C[Si](F)(CC(C)C)c1ccc(C(=O)O)cc1. The van der Waals surface area contributed by atoms with Gasteiger partial charge in [-0.2, -0.15) is 0 Å². The highest BCUT2D eigenvalue weighted by molar-refractivity contribution is 6.86. The lowest BCUT2D eigenvalue weighted by Crippen LogP contribution is -2.45. The van der Waals surface area contributed by atoms with E-state index in [4.69, 9.17) is 10.2 Å². The Labute approximate surface area is 226 Å². The topological polar surface area (TPSA) is 74.6 Å². The van der Waals surface area contributed by atoms with Crippen molar-refractivity contribution in [2.75, 3.05) is 0 Å². The molecule has 37 heavy (non-hydrogen) atoms. The van der Waals surface area contributed by atoms with E-state index >= 15 is 4.11 Å². The summed E-state index contributed by atoms with van der Waals surface area (Å²) in [6, 6.07) is 17.7. The van der Waals surface area contributed by atoms with E-state index in [1.165, 1.54) is 29.4 Å². The predicted molar refractivity (Wildman–Crippen MR) is 159 cm³/mol. The number of benzene rings is 2. The molecule has 0 spiro atoms. The van der Waals surface area contributed by atoms with Crippen LogP contribution in [-0.2, 0) is 0 Å². The second-order valence-electron chi connectivity index (χ2n) is 11.9. The quantitative estimate of drug-likeness (QED) is 0.223. The van der Waals surface area contributed by atoms with Crippen molar-refractivity contribution in [1.82, 2.24) is 0 Å². The van der Waals surface area contributed by atoms with Crippen molar-refractivity contribution >= 4 is 39.5 Å². The van der Waals surface area contributed by atoms with Gasteiger partial charge in [-0.05, 0) is 65.2 Å². The maximum absolute atomic E-state index is 15.3. The molecule has 2 rings (SSSR count). The average Bonchev–Trinajstić information content (AvgIpc) is 2.77. The maximum atomic E-state index is 15.3. The smallest absolute Gasteiger partial charge is 0.335 e. The fourth-order valence-corrected chi connectivity index (χ4v) is 12.7. The third-order valence-corrected chi connectivity index (χ3v) is 14.9. The molecule has 0 atom stereocenters. The molecule has 0 fully saturated rings. The molecular formula is C30H47FO4Si2. The van der Waals surface area contributed by atoms with Crippen LogP contribution in [0.5, 0.6) is 0 Å². The molecule has 7 heteroatoms. The van der Waals surface area contributed by atoms with E-state index < -0.39 is 29.1 Å². The summed E-state index contributed by atoms with van der Waals surface area (Å²) < 4.78 is 15.3. The van der Waals surface area contributed by atoms with Gasteiger partial charge in [0.05, 0.1) is 19.9 Å². The molecule has 2 aromatic carbocycles. The number of hydrogen-bond acceptors (Lipinski definition) is 2. The van der Waals surface area contributed by atoms with Crippen LogP contribution in [0.25, 0.3) is 0 Å². The van der Waals surface area contributed by atoms with Gasteiger partial charge in [-0.1, -0.05) is 96.9 Å². The lowest BCUT2D eigenvalue weighted by molar-refractivity contribution is 0.0686. The summed E-state index contributed by atoms with van der Waals surface area (Å²) >= 11 is 0. The third-order valence-electron chi connectivity index (χ3n) is 6.25. The fraction of sp³-hybridized carbons (Fsp3) is 0.533. The van der Waals surface area contributed by atoms with E-state index in [0.717, 1.165) is 17.0 Å². The zero-order chi connectivity index (χ0) is 28.3. The molecule has 0 aromatic heterocycles. The van der Waals surface area contributed by atoms with Crippen molar-refractivity contribution in [3.63, 3.8) is 0 Å². The molecule has 0 radical (unpaired) electrons. The first-order valence-corrected chi connectivity index (χ1v) is 18.0. The Morgan fingerprint density at radius 1 is 0.676 bits per heavy atom. The Balaban J connectivity index is 0.000000371. The summed E-state index contributed by atoms with van der Waals surface area (Å²) in [5.74, 6) is 0.265. The van der Waals surface area contributed by atoms with Crippen molar-refractivity contribution < 1.29 is 23.9 Å². The summed E-state index contributed by atoms with van der Waals surface area (Å²) in [6.45, 7) is 17.2. The summed E-state index contributed by atoms with van der Waals surface area (Å²) in [4.78, 5) is 21.7. The predicted octanol–water partition coefficient (Wildman–Crippen LogP) is 6.95. The van der Waals surface area contributed by atoms with Crippen LogP contribution in [0.1, 0.15) is 76.1 Å². The van der Waals surface area contributed by atoms with E-state index in [-0.39, 0.29) is 5.56 Å². The summed E-state index contributed by atoms with van der Waals surface area (Å²) in [7, 11) is -3.96. The Kier molecular flexibility index (Phi) is 13.5. The first-order valence-electron chi connectivity index (χ1n) is 13.5. The van der Waals surface area contributed by atoms with E-state index in [0.29, 0.717) is 29.5 Å². The van der Waals surface area contributed by atoms with Crippen molar-refractivity contribution in [2.45, 2.75) is 79.6 Å². The third kappa shape index (κ3) is 11.8. The van der Waals surface area contributed by atoms with Gasteiger partial charge in [-0.15, -0.1) is 0 Å². The fourth-order valence-electron chi connectivity index (χ4n) is 4.93. The summed E-state index contributed by atoms with van der Waals surface area (Å²) in [5, 5.41) is 19.9. The number of aromatic carboxylic acids is 2. The molecule has 0 heterocycles. The normalized spacial score (nSPS) is 11.8. The van der Waals surface area contributed by atoms with Crippen molar-refractivity contribution in [3.05, 3.63) is 59.7 Å². The molecule has 0 amide bonds. The molecule has 0 unspecified atom stereocenters. The van der Waals surface area contributed by atoms with E-state index in [2.05, 4.69) is 27.7 Å². The van der Waals surface area contributed by atoms with Crippen LogP contribution in [-0.4, -0.2) is 39.4 Å². The molecule has 2 aromatic rings. The van der Waals surface area contributed by atoms with Gasteiger partial charge in [0.1, 0.15) is 0 Å². The van der Waals surface area contributed by atoms with Crippen LogP contribution < -0.4 is 10.4 Å². The van der Waals surface area contributed by atoms with Crippen molar-refractivity contribution in [3.8, 4) is 0 Å². The highest BCUT2D eigenvalue weighted by Crippen LogP contribution is 2.26. The molecule has 4 nitrogen and oxygen atoms in total. The molecule has 0 saturated heterocycles.